The number of oxazole rings is 1. The summed E-state index contributed by atoms with van der Waals surface area (Å²) in [6.07, 6.45) is 2.00. The lowest BCUT2D eigenvalue weighted by Gasteiger charge is -2.15. The minimum Gasteiger partial charge on any atom is -0.438 e. The third-order valence-electron chi connectivity index (χ3n) is 5.35. The zero-order valence-electron chi connectivity index (χ0n) is 16.6. The highest BCUT2D eigenvalue weighted by Gasteiger charge is 2.29. The quantitative estimate of drug-likeness (QED) is 0.428. The van der Waals surface area contributed by atoms with Crippen molar-refractivity contribution in [1.82, 2.24) is 0 Å². The van der Waals surface area contributed by atoms with Gasteiger partial charge in [-0.2, -0.15) is 4.57 Å². The number of benzene rings is 3. The number of aryl methyl sites for hydroxylation is 1. The van der Waals surface area contributed by atoms with E-state index >= 15 is 0 Å². The molecule has 0 N–H and O–H groups in total. The Morgan fingerprint density at radius 2 is 1.69 bits per heavy atom. The van der Waals surface area contributed by atoms with E-state index in [1.165, 1.54) is 11.1 Å². The van der Waals surface area contributed by atoms with Crippen molar-refractivity contribution in [2.75, 3.05) is 11.4 Å². The Morgan fingerprint density at radius 3 is 2.48 bits per heavy atom. The second-order valence-electron chi connectivity index (χ2n) is 7.03. The average molecular weight is 383 g/mol. The summed E-state index contributed by atoms with van der Waals surface area (Å²) in [6.45, 7) is 5.89. The van der Waals surface area contributed by atoms with Gasteiger partial charge in [0.1, 0.15) is 12.6 Å². The van der Waals surface area contributed by atoms with E-state index in [0.717, 1.165) is 47.4 Å². The lowest BCUT2D eigenvalue weighted by Crippen LogP contribution is -2.34. The van der Waals surface area contributed by atoms with Gasteiger partial charge in [-0.25, -0.2) is 0 Å². The minimum atomic E-state index is 0.786. The van der Waals surface area contributed by atoms with E-state index in [1.54, 1.807) is 0 Å². The summed E-state index contributed by atoms with van der Waals surface area (Å²) >= 11 is 0. The minimum absolute atomic E-state index is 0.786. The van der Waals surface area contributed by atoms with Crippen molar-refractivity contribution in [2.45, 2.75) is 20.4 Å². The molecule has 0 unspecified atom stereocenters. The molecule has 0 atom stereocenters. The first-order valence-corrected chi connectivity index (χ1v) is 10.1. The molecule has 1 aromatic heterocycles. The molecule has 3 aromatic carbocycles. The van der Waals surface area contributed by atoms with Gasteiger partial charge in [0.2, 0.25) is 11.5 Å². The van der Waals surface area contributed by atoms with Crippen LogP contribution in [0.1, 0.15) is 19.7 Å². The van der Waals surface area contributed by atoms with Crippen molar-refractivity contribution >= 4 is 22.9 Å². The molecule has 0 saturated carbocycles. The predicted molar refractivity (Wildman–Crippen MR) is 116 cm³/mol. The maximum Gasteiger partial charge on any atom is 0.379 e. The van der Waals surface area contributed by atoms with Gasteiger partial charge in [0.15, 0.2) is 5.75 Å². The lowest BCUT2D eigenvalue weighted by atomic mass is 10.0. The molecule has 144 valence electrons. The standard InChI is InChI=1S/C25H23N2O2/c1-3-26-20-12-8-9-13-22(20)28-24(26)17-25-27(4-2)21-16-19(14-15-23(21)29-25)18-10-6-5-7-11-18/h5-17H,3-4H2,1-2H3/q+1. The highest BCUT2D eigenvalue weighted by atomic mass is 16.5. The van der Waals surface area contributed by atoms with Crippen LogP contribution in [-0.2, 0) is 6.54 Å². The van der Waals surface area contributed by atoms with Crippen LogP contribution in [0.2, 0.25) is 0 Å². The van der Waals surface area contributed by atoms with E-state index in [-0.39, 0.29) is 0 Å². The van der Waals surface area contributed by atoms with Crippen molar-refractivity contribution < 1.29 is 13.7 Å². The molecule has 0 bridgehead atoms. The van der Waals surface area contributed by atoms with E-state index in [4.69, 9.17) is 9.15 Å². The molecule has 0 aliphatic carbocycles. The number of para-hydroxylation sites is 2. The molecule has 1 aliphatic heterocycles. The number of aromatic nitrogens is 1. The summed E-state index contributed by atoms with van der Waals surface area (Å²) in [5.74, 6) is 2.45. The first-order valence-electron chi connectivity index (χ1n) is 10.1. The maximum atomic E-state index is 6.21. The fourth-order valence-corrected chi connectivity index (χ4v) is 3.94. The zero-order chi connectivity index (χ0) is 19.8. The van der Waals surface area contributed by atoms with Crippen LogP contribution in [0.5, 0.6) is 5.75 Å². The number of anilines is 1. The van der Waals surface area contributed by atoms with Gasteiger partial charge in [0.05, 0.1) is 5.69 Å². The summed E-state index contributed by atoms with van der Waals surface area (Å²) in [6, 6.07) is 24.9. The molecule has 2 heterocycles. The van der Waals surface area contributed by atoms with Gasteiger partial charge in [0.25, 0.3) is 5.52 Å². The Balaban J connectivity index is 1.57. The molecule has 0 spiro atoms. The monoisotopic (exact) mass is 383 g/mol. The maximum absolute atomic E-state index is 6.21. The van der Waals surface area contributed by atoms with Crippen LogP contribution < -0.4 is 14.2 Å². The fraction of sp³-hybridized carbons (Fsp3) is 0.160. The molecule has 0 saturated heterocycles. The van der Waals surface area contributed by atoms with Gasteiger partial charge in [-0.05, 0) is 43.2 Å². The SMILES string of the molecule is CCN1C(=Cc2oc3ccccc3[n+]2CC)Oc2ccc(-c3ccccc3)cc21. The Kier molecular flexibility index (Phi) is 4.32. The van der Waals surface area contributed by atoms with Crippen LogP contribution in [-0.4, -0.2) is 6.54 Å². The van der Waals surface area contributed by atoms with Crippen LogP contribution in [0, 0.1) is 0 Å². The summed E-state index contributed by atoms with van der Waals surface area (Å²) in [5, 5.41) is 0. The van der Waals surface area contributed by atoms with Gasteiger partial charge in [-0.1, -0.05) is 48.5 Å². The third kappa shape index (κ3) is 2.97. The molecule has 29 heavy (non-hydrogen) atoms. The predicted octanol–water partition coefficient (Wildman–Crippen LogP) is 5.62. The van der Waals surface area contributed by atoms with Crippen molar-refractivity contribution in [3.8, 4) is 16.9 Å². The average Bonchev–Trinajstić information content (AvgIpc) is 3.30. The van der Waals surface area contributed by atoms with Crippen molar-refractivity contribution in [1.29, 1.82) is 0 Å². The van der Waals surface area contributed by atoms with Crippen molar-refractivity contribution in [2.24, 2.45) is 0 Å². The first-order chi connectivity index (χ1) is 14.3. The van der Waals surface area contributed by atoms with Crippen LogP contribution in [0.15, 0.2) is 83.1 Å². The van der Waals surface area contributed by atoms with Gasteiger partial charge in [0, 0.05) is 12.6 Å². The van der Waals surface area contributed by atoms with E-state index in [9.17, 15) is 0 Å². The van der Waals surface area contributed by atoms with Gasteiger partial charge < -0.3 is 14.1 Å². The number of hydrogen-bond acceptors (Lipinski definition) is 3. The van der Waals surface area contributed by atoms with E-state index in [2.05, 4.69) is 65.8 Å². The molecule has 4 nitrogen and oxygen atoms in total. The normalized spacial score (nSPS) is 14.4. The molecule has 4 aromatic rings. The summed E-state index contributed by atoms with van der Waals surface area (Å²) in [4.78, 5) is 2.19. The number of nitrogens with zero attached hydrogens (tertiary/aromatic N) is 2. The van der Waals surface area contributed by atoms with Crippen LogP contribution in [0.3, 0.4) is 0 Å². The summed E-state index contributed by atoms with van der Waals surface area (Å²) in [7, 11) is 0. The highest BCUT2D eigenvalue weighted by Crippen LogP contribution is 2.41. The number of ether oxygens (including phenoxy) is 1. The Labute approximate surface area is 170 Å². The van der Waals surface area contributed by atoms with Crippen LogP contribution >= 0.6 is 0 Å². The Morgan fingerprint density at radius 1 is 0.897 bits per heavy atom. The largest absolute Gasteiger partial charge is 0.438 e. The van der Waals surface area contributed by atoms with E-state index < -0.39 is 0 Å². The molecular weight excluding hydrogens is 360 g/mol. The molecule has 0 fully saturated rings. The van der Waals surface area contributed by atoms with Crippen LogP contribution in [0.25, 0.3) is 28.3 Å². The molecule has 0 radical (unpaired) electrons. The van der Waals surface area contributed by atoms with Crippen LogP contribution in [0.4, 0.5) is 5.69 Å². The van der Waals surface area contributed by atoms with Crippen molar-refractivity contribution in [3.05, 3.63) is 84.6 Å². The molecule has 1 aliphatic rings. The van der Waals surface area contributed by atoms with Gasteiger partial charge in [-0.15, -0.1) is 0 Å². The number of hydrogen-bond donors (Lipinski definition) is 0. The second kappa shape index (κ2) is 7.13. The molecule has 5 rings (SSSR count). The molecule has 4 heteroatoms. The van der Waals surface area contributed by atoms with E-state index in [1.807, 2.05) is 36.4 Å². The first kappa shape index (κ1) is 17.6. The summed E-state index contributed by atoms with van der Waals surface area (Å²) in [5.41, 5.74) is 5.43. The summed E-state index contributed by atoms with van der Waals surface area (Å²) < 4.78 is 14.5. The van der Waals surface area contributed by atoms with Gasteiger partial charge in [-0.3, -0.25) is 0 Å². The number of rotatable bonds is 4. The highest BCUT2D eigenvalue weighted by molar-refractivity contribution is 5.77. The topological polar surface area (TPSA) is 29.5 Å². The molecular formula is C25H23N2O2+. The number of fused-ring (bicyclic) bond motifs is 2. The van der Waals surface area contributed by atoms with Gasteiger partial charge >= 0.3 is 5.89 Å². The second-order valence-corrected chi connectivity index (χ2v) is 7.03. The molecule has 0 amide bonds. The lowest BCUT2D eigenvalue weighted by molar-refractivity contribution is -0.674. The Hall–Kier alpha value is -3.53. The van der Waals surface area contributed by atoms with E-state index in [0.29, 0.717) is 0 Å². The zero-order valence-corrected chi connectivity index (χ0v) is 16.6. The van der Waals surface area contributed by atoms with Crippen molar-refractivity contribution in [3.63, 3.8) is 0 Å². The Bertz CT molecular complexity index is 1210. The fourth-order valence-electron chi connectivity index (χ4n) is 3.94. The smallest absolute Gasteiger partial charge is 0.379 e. The third-order valence-corrected chi connectivity index (χ3v) is 5.35.